The fourth-order valence-electron chi connectivity index (χ4n) is 2.12. The Kier molecular flexibility index (Phi) is 4.95. The molecule has 2 unspecified atom stereocenters. The van der Waals surface area contributed by atoms with Crippen molar-refractivity contribution in [2.24, 2.45) is 0 Å². The molecule has 108 valence electrons. The molecule has 0 bridgehead atoms. The van der Waals surface area contributed by atoms with Gasteiger partial charge in [0.15, 0.2) is 0 Å². The van der Waals surface area contributed by atoms with Crippen molar-refractivity contribution in [2.75, 3.05) is 6.54 Å². The molecule has 1 aromatic carbocycles. The lowest BCUT2D eigenvalue weighted by molar-refractivity contribution is -0.140. The van der Waals surface area contributed by atoms with Crippen LogP contribution in [0.25, 0.3) is 0 Å². The van der Waals surface area contributed by atoms with E-state index in [1.165, 1.54) is 0 Å². The van der Waals surface area contributed by atoms with Gasteiger partial charge in [0.05, 0.1) is 0 Å². The summed E-state index contributed by atoms with van der Waals surface area (Å²) in [6.07, 6.45) is 0.651. The Hall–Kier alpha value is -2.08. The van der Waals surface area contributed by atoms with Gasteiger partial charge < -0.3 is 20.5 Å². The zero-order valence-electron chi connectivity index (χ0n) is 11.0. The Morgan fingerprint density at radius 3 is 2.65 bits per heavy atom. The minimum Gasteiger partial charge on any atom is -0.480 e. The van der Waals surface area contributed by atoms with Crippen LogP contribution in [0.2, 0.25) is 0 Å². The molecule has 1 saturated heterocycles. The number of piperidine rings is 1. The number of nitrogens with one attached hydrogen (secondary N) is 2. The Balaban J connectivity index is 1.69. The van der Waals surface area contributed by atoms with Gasteiger partial charge in [-0.15, -0.1) is 0 Å². The molecule has 1 aliphatic heterocycles. The van der Waals surface area contributed by atoms with E-state index in [2.05, 4.69) is 10.6 Å². The average Bonchev–Trinajstić information content (AvgIpc) is 2.47. The van der Waals surface area contributed by atoms with E-state index in [0.717, 1.165) is 5.56 Å². The van der Waals surface area contributed by atoms with E-state index in [1.54, 1.807) is 0 Å². The summed E-state index contributed by atoms with van der Waals surface area (Å²) in [5.74, 6) is -0.852. The van der Waals surface area contributed by atoms with Crippen LogP contribution in [0.3, 0.4) is 0 Å². The quantitative estimate of drug-likeness (QED) is 0.768. The summed E-state index contributed by atoms with van der Waals surface area (Å²) in [5, 5.41) is 14.5. The van der Waals surface area contributed by atoms with Crippen molar-refractivity contribution < 1.29 is 19.4 Å². The number of aliphatic carboxylic acids is 1. The van der Waals surface area contributed by atoms with Crippen molar-refractivity contribution >= 4 is 12.1 Å². The molecule has 0 saturated carbocycles. The maximum Gasteiger partial charge on any atom is 0.407 e. The lowest BCUT2D eigenvalue weighted by Crippen LogP contribution is -2.52. The second-order valence-electron chi connectivity index (χ2n) is 4.78. The second-order valence-corrected chi connectivity index (χ2v) is 4.78. The van der Waals surface area contributed by atoms with Crippen molar-refractivity contribution in [3.05, 3.63) is 35.9 Å². The Bertz CT molecular complexity index is 456. The van der Waals surface area contributed by atoms with Gasteiger partial charge >= 0.3 is 12.1 Å². The second kappa shape index (κ2) is 6.91. The molecule has 1 fully saturated rings. The van der Waals surface area contributed by atoms with Crippen molar-refractivity contribution in [2.45, 2.75) is 31.5 Å². The predicted molar refractivity (Wildman–Crippen MR) is 72.2 cm³/mol. The van der Waals surface area contributed by atoms with Gasteiger partial charge in [0.25, 0.3) is 0 Å². The van der Waals surface area contributed by atoms with Gasteiger partial charge in [-0.25, -0.2) is 4.79 Å². The molecule has 0 radical (unpaired) electrons. The van der Waals surface area contributed by atoms with Crippen LogP contribution in [0.4, 0.5) is 4.79 Å². The molecular formula is C14H18N2O4. The van der Waals surface area contributed by atoms with E-state index in [9.17, 15) is 9.59 Å². The Morgan fingerprint density at radius 1 is 1.30 bits per heavy atom. The minimum absolute atomic E-state index is 0.0890. The van der Waals surface area contributed by atoms with Gasteiger partial charge in [-0.3, -0.25) is 4.79 Å². The van der Waals surface area contributed by atoms with E-state index >= 15 is 0 Å². The van der Waals surface area contributed by atoms with Crippen LogP contribution in [0.15, 0.2) is 30.3 Å². The third-order valence-corrected chi connectivity index (χ3v) is 3.25. The van der Waals surface area contributed by atoms with Gasteiger partial charge in [0.1, 0.15) is 12.6 Å². The van der Waals surface area contributed by atoms with Gasteiger partial charge in [-0.2, -0.15) is 0 Å². The number of carbonyl (C=O) groups is 2. The number of carboxylic acid groups (broad SMARTS) is 1. The molecule has 1 aromatic rings. The van der Waals surface area contributed by atoms with Crippen LogP contribution < -0.4 is 10.6 Å². The van der Waals surface area contributed by atoms with Crippen molar-refractivity contribution in [1.82, 2.24) is 10.6 Å². The summed E-state index contributed by atoms with van der Waals surface area (Å²) >= 11 is 0. The van der Waals surface area contributed by atoms with E-state index in [1.807, 2.05) is 30.3 Å². The number of alkyl carbamates (subject to hydrolysis) is 1. The standard InChI is InChI=1S/C14H18N2O4/c17-13(18)12-7-6-11(8-15-12)16-14(19)20-9-10-4-2-1-3-5-10/h1-5,11-12,15H,6-9H2,(H,16,19)(H,17,18). The Morgan fingerprint density at radius 2 is 2.05 bits per heavy atom. The largest absolute Gasteiger partial charge is 0.480 e. The fraction of sp³-hybridized carbons (Fsp3) is 0.429. The van der Waals surface area contributed by atoms with Crippen LogP contribution in [0.1, 0.15) is 18.4 Å². The number of ether oxygens (including phenoxy) is 1. The van der Waals surface area contributed by atoms with E-state index < -0.39 is 18.1 Å². The highest BCUT2D eigenvalue weighted by molar-refractivity contribution is 5.73. The fourth-order valence-corrected chi connectivity index (χ4v) is 2.12. The van der Waals surface area contributed by atoms with E-state index in [4.69, 9.17) is 9.84 Å². The van der Waals surface area contributed by atoms with Crippen LogP contribution in [0, 0.1) is 0 Å². The summed E-state index contributed by atoms with van der Waals surface area (Å²) < 4.78 is 5.11. The van der Waals surface area contributed by atoms with Crippen molar-refractivity contribution in [1.29, 1.82) is 0 Å². The third kappa shape index (κ3) is 4.24. The van der Waals surface area contributed by atoms with Gasteiger partial charge in [0.2, 0.25) is 0 Å². The van der Waals surface area contributed by atoms with Crippen LogP contribution in [-0.4, -0.2) is 35.8 Å². The molecule has 6 heteroatoms. The zero-order chi connectivity index (χ0) is 14.4. The molecule has 3 N–H and O–H groups in total. The zero-order valence-corrected chi connectivity index (χ0v) is 11.0. The third-order valence-electron chi connectivity index (χ3n) is 3.25. The number of hydrogen-bond acceptors (Lipinski definition) is 4. The number of hydrogen-bond donors (Lipinski definition) is 3. The molecule has 20 heavy (non-hydrogen) atoms. The lowest BCUT2D eigenvalue weighted by Gasteiger charge is -2.27. The molecule has 2 atom stereocenters. The molecule has 0 spiro atoms. The van der Waals surface area contributed by atoms with Crippen molar-refractivity contribution in [3.63, 3.8) is 0 Å². The summed E-state index contributed by atoms with van der Waals surface area (Å²) in [5.41, 5.74) is 0.926. The molecular weight excluding hydrogens is 260 g/mol. The van der Waals surface area contributed by atoms with Crippen LogP contribution in [-0.2, 0) is 16.1 Å². The SMILES string of the molecule is O=C(NC1CCC(C(=O)O)NC1)OCc1ccccc1. The highest BCUT2D eigenvalue weighted by Crippen LogP contribution is 2.09. The summed E-state index contributed by atoms with van der Waals surface area (Å²) in [6.45, 7) is 0.669. The topological polar surface area (TPSA) is 87.7 Å². The Labute approximate surface area is 117 Å². The highest BCUT2D eigenvalue weighted by Gasteiger charge is 2.26. The minimum atomic E-state index is -0.852. The first-order chi connectivity index (χ1) is 9.65. The molecule has 1 amide bonds. The van der Waals surface area contributed by atoms with Gasteiger partial charge in [-0.1, -0.05) is 30.3 Å². The molecule has 0 aromatic heterocycles. The van der Waals surface area contributed by atoms with Crippen molar-refractivity contribution in [3.8, 4) is 0 Å². The first kappa shape index (κ1) is 14.3. The number of rotatable bonds is 4. The first-order valence-electron chi connectivity index (χ1n) is 6.58. The predicted octanol–water partition coefficient (Wildman–Crippen LogP) is 1.12. The smallest absolute Gasteiger partial charge is 0.407 e. The van der Waals surface area contributed by atoms with E-state index in [0.29, 0.717) is 19.4 Å². The maximum atomic E-state index is 11.6. The molecule has 0 aliphatic carbocycles. The highest BCUT2D eigenvalue weighted by atomic mass is 16.5. The van der Waals surface area contributed by atoms with Gasteiger partial charge in [0, 0.05) is 12.6 Å². The normalized spacial score (nSPS) is 22.0. The van der Waals surface area contributed by atoms with Crippen LogP contribution in [0.5, 0.6) is 0 Å². The first-order valence-corrected chi connectivity index (χ1v) is 6.58. The monoisotopic (exact) mass is 278 g/mol. The molecule has 2 rings (SSSR count). The summed E-state index contributed by atoms with van der Waals surface area (Å²) in [7, 11) is 0. The summed E-state index contributed by atoms with van der Waals surface area (Å²) in [6, 6.07) is 8.82. The number of carboxylic acids is 1. The van der Waals surface area contributed by atoms with Crippen LogP contribution >= 0.6 is 0 Å². The lowest BCUT2D eigenvalue weighted by atomic mass is 10.0. The summed E-state index contributed by atoms with van der Waals surface area (Å²) in [4.78, 5) is 22.4. The average molecular weight is 278 g/mol. The maximum absolute atomic E-state index is 11.6. The number of carbonyl (C=O) groups excluding carboxylic acids is 1. The van der Waals surface area contributed by atoms with Gasteiger partial charge in [-0.05, 0) is 18.4 Å². The van der Waals surface area contributed by atoms with E-state index in [-0.39, 0.29) is 12.6 Å². The molecule has 6 nitrogen and oxygen atoms in total. The molecule has 1 aliphatic rings. The molecule has 1 heterocycles. The number of amides is 1. The number of benzene rings is 1.